The van der Waals surface area contributed by atoms with Gasteiger partial charge in [-0.15, -0.1) is 0 Å². The van der Waals surface area contributed by atoms with Gasteiger partial charge in [-0.2, -0.15) is 0 Å². The maximum absolute atomic E-state index is 12.9. The molecule has 2 saturated heterocycles. The summed E-state index contributed by atoms with van der Waals surface area (Å²) in [6.07, 6.45) is 0.404. The molecule has 134 valence electrons. The highest BCUT2D eigenvalue weighted by Crippen LogP contribution is 2.45. The van der Waals surface area contributed by atoms with E-state index in [0.717, 1.165) is 5.56 Å². The second-order valence-corrected chi connectivity index (χ2v) is 6.99. The zero-order valence-electron chi connectivity index (χ0n) is 14.5. The first kappa shape index (κ1) is 17.9. The molecule has 3 rings (SSSR count). The Labute approximate surface area is 151 Å². The monoisotopic (exact) mass is 365 g/mol. The Morgan fingerprint density at radius 2 is 1.88 bits per heavy atom. The fraction of sp³-hybridized carbons (Fsp3) is 0.500. The molecule has 2 aliphatic heterocycles. The Bertz CT molecular complexity index is 720. The van der Waals surface area contributed by atoms with E-state index in [1.165, 1.54) is 12.0 Å². The summed E-state index contributed by atoms with van der Waals surface area (Å²) in [4.78, 5) is 39.7. The number of carbonyl (C=O) groups is 3. The van der Waals surface area contributed by atoms with Crippen LogP contribution in [0.3, 0.4) is 0 Å². The maximum Gasteiger partial charge on any atom is 0.368 e. The average Bonchev–Trinajstić information content (AvgIpc) is 3.10. The lowest BCUT2D eigenvalue weighted by molar-refractivity contribution is -0.734. The maximum atomic E-state index is 12.9. The van der Waals surface area contributed by atoms with Crippen molar-refractivity contribution < 1.29 is 24.4 Å². The number of likely N-dealkylation sites (tertiary alicyclic amines) is 1. The van der Waals surface area contributed by atoms with Crippen molar-refractivity contribution >= 4 is 29.4 Å². The number of esters is 1. The van der Waals surface area contributed by atoms with E-state index >= 15 is 0 Å². The highest BCUT2D eigenvalue weighted by atomic mass is 35.5. The lowest BCUT2D eigenvalue weighted by atomic mass is 9.78. The fourth-order valence-electron chi connectivity index (χ4n) is 4.35. The highest BCUT2D eigenvalue weighted by molar-refractivity contribution is 6.30. The topological polar surface area (TPSA) is 80.3 Å². The van der Waals surface area contributed by atoms with E-state index in [-0.39, 0.29) is 17.9 Å². The number of halogens is 1. The van der Waals surface area contributed by atoms with E-state index in [4.69, 9.17) is 16.3 Å². The van der Waals surface area contributed by atoms with E-state index in [1.807, 2.05) is 24.4 Å². The van der Waals surface area contributed by atoms with Crippen LogP contribution < -0.4 is 5.32 Å². The minimum Gasteiger partial charge on any atom is -0.464 e. The van der Waals surface area contributed by atoms with Gasteiger partial charge in [-0.1, -0.05) is 30.7 Å². The van der Waals surface area contributed by atoms with Gasteiger partial charge < -0.3 is 10.1 Å². The van der Waals surface area contributed by atoms with E-state index in [2.05, 4.69) is 0 Å². The number of quaternary nitrogens is 1. The van der Waals surface area contributed by atoms with Crippen LogP contribution in [0.1, 0.15) is 31.9 Å². The first-order chi connectivity index (χ1) is 11.9. The van der Waals surface area contributed by atoms with Crippen LogP contribution >= 0.6 is 11.6 Å². The lowest BCUT2D eigenvalue weighted by Gasteiger charge is -2.27. The first-order valence-corrected chi connectivity index (χ1v) is 8.84. The largest absolute Gasteiger partial charge is 0.464 e. The second kappa shape index (κ2) is 6.42. The summed E-state index contributed by atoms with van der Waals surface area (Å²) in [6.45, 7) is 3.92. The quantitative estimate of drug-likeness (QED) is 0.635. The van der Waals surface area contributed by atoms with Crippen LogP contribution in [-0.4, -0.2) is 41.9 Å². The van der Waals surface area contributed by atoms with E-state index in [0.29, 0.717) is 18.0 Å². The van der Waals surface area contributed by atoms with Gasteiger partial charge in [0.1, 0.15) is 17.9 Å². The second-order valence-electron chi connectivity index (χ2n) is 6.55. The molecule has 2 N–H and O–H groups in total. The molecule has 2 fully saturated rings. The Morgan fingerprint density at radius 1 is 1.24 bits per heavy atom. The van der Waals surface area contributed by atoms with Gasteiger partial charge in [-0.05, 0) is 19.1 Å². The lowest BCUT2D eigenvalue weighted by Crippen LogP contribution is -2.98. The van der Waals surface area contributed by atoms with Crippen molar-refractivity contribution in [3.63, 3.8) is 0 Å². The van der Waals surface area contributed by atoms with Crippen molar-refractivity contribution in [2.45, 2.75) is 31.8 Å². The standard InChI is InChI=1S/C18H21ClN2O4/c1-4-18(17(24)25-3)13-12(15(22)21(5-2)16(13)23)14(20-18)10-6-8-11(19)9-7-10/h6-9,12-14,20H,4-5H2,1-3H3/p+1/t12-,13-,14-,18-/m0/s1. The molecule has 4 atom stereocenters. The summed E-state index contributed by atoms with van der Waals surface area (Å²) in [7, 11) is 1.32. The van der Waals surface area contributed by atoms with Crippen molar-refractivity contribution in [1.29, 1.82) is 0 Å². The molecule has 0 unspecified atom stereocenters. The highest BCUT2D eigenvalue weighted by Gasteiger charge is 2.71. The Hall–Kier alpha value is -1.92. The molecule has 25 heavy (non-hydrogen) atoms. The van der Waals surface area contributed by atoms with Crippen molar-refractivity contribution in [1.82, 2.24) is 4.90 Å². The number of ether oxygens (including phenoxy) is 1. The average molecular weight is 366 g/mol. The molecule has 6 nitrogen and oxygen atoms in total. The number of nitrogens with zero attached hydrogens (tertiary/aromatic N) is 1. The van der Waals surface area contributed by atoms with Crippen molar-refractivity contribution in [2.75, 3.05) is 13.7 Å². The number of fused-ring (bicyclic) bond motifs is 1. The van der Waals surface area contributed by atoms with E-state index < -0.39 is 23.3 Å². The molecule has 1 aromatic rings. The number of methoxy groups -OCH3 is 1. The number of imide groups is 1. The molecule has 2 amide bonds. The number of rotatable bonds is 4. The Balaban J connectivity index is 2.13. The minimum absolute atomic E-state index is 0.215. The molecule has 2 aliphatic rings. The zero-order chi connectivity index (χ0) is 18.4. The minimum atomic E-state index is -1.08. The van der Waals surface area contributed by atoms with Crippen LogP contribution in [0.25, 0.3) is 0 Å². The summed E-state index contributed by atoms with van der Waals surface area (Å²) in [5.74, 6) is -2.24. The molecule has 0 radical (unpaired) electrons. The Kier molecular flexibility index (Phi) is 4.60. The molecular weight excluding hydrogens is 344 g/mol. The SMILES string of the molecule is CCN1C(=O)[C@H]2[C@@H](C1=O)[C@@](CC)(C(=O)OC)[NH2+][C@H]2c1ccc(Cl)cc1. The third-order valence-electron chi connectivity index (χ3n) is 5.58. The predicted octanol–water partition coefficient (Wildman–Crippen LogP) is 0.901. The van der Waals surface area contributed by atoms with Crippen LogP contribution in [0.2, 0.25) is 5.02 Å². The molecule has 0 bridgehead atoms. The molecular formula is C18H22ClN2O4+. The third kappa shape index (κ3) is 2.47. The van der Waals surface area contributed by atoms with Gasteiger partial charge >= 0.3 is 5.97 Å². The van der Waals surface area contributed by atoms with Gasteiger partial charge in [0.05, 0.1) is 7.11 Å². The molecule has 7 heteroatoms. The summed E-state index contributed by atoms with van der Waals surface area (Å²) in [5.41, 5.74) is -0.210. The molecule has 2 heterocycles. The van der Waals surface area contributed by atoms with E-state index in [9.17, 15) is 14.4 Å². The normalized spacial score (nSPS) is 31.4. The molecule has 0 saturated carbocycles. The number of hydrogen-bond acceptors (Lipinski definition) is 4. The van der Waals surface area contributed by atoms with Crippen LogP contribution in [0.15, 0.2) is 24.3 Å². The zero-order valence-corrected chi connectivity index (χ0v) is 15.2. The van der Waals surface area contributed by atoms with Gasteiger partial charge in [0, 0.05) is 23.6 Å². The van der Waals surface area contributed by atoms with Gasteiger partial charge in [-0.25, -0.2) is 4.79 Å². The number of benzene rings is 1. The first-order valence-electron chi connectivity index (χ1n) is 8.46. The predicted molar refractivity (Wildman–Crippen MR) is 90.5 cm³/mol. The molecule has 1 aromatic carbocycles. The van der Waals surface area contributed by atoms with Crippen molar-refractivity contribution in [3.8, 4) is 0 Å². The molecule has 0 aliphatic carbocycles. The van der Waals surface area contributed by atoms with Gasteiger partial charge in [0.25, 0.3) is 0 Å². The van der Waals surface area contributed by atoms with Crippen LogP contribution in [-0.2, 0) is 19.1 Å². The summed E-state index contributed by atoms with van der Waals surface area (Å²) in [6, 6.07) is 6.87. The van der Waals surface area contributed by atoms with Crippen molar-refractivity contribution in [2.24, 2.45) is 11.8 Å². The third-order valence-corrected chi connectivity index (χ3v) is 5.83. The summed E-state index contributed by atoms with van der Waals surface area (Å²) in [5, 5.41) is 2.44. The van der Waals surface area contributed by atoms with Crippen LogP contribution in [0, 0.1) is 11.8 Å². The molecule has 0 spiro atoms. The number of amides is 2. The fourth-order valence-corrected chi connectivity index (χ4v) is 4.48. The number of carbonyl (C=O) groups excluding carboxylic acids is 3. The Morgan fingerprint density at radius 3 is 2.40 bits per heavy atom. The van der Waals surface area contributed by atoms with Crippen LogP contribution in [0.4, 0.5) is 0 Å². The van der Waals surface area contributed by atoms with Gasteiger partial charge in [0.2, 0.25) is 17.4 Å². The number of hydrogen-bond donors (Lipinski definition) is 1. The summed E-state index contributed by atoms with van der Waals surface area (Å²) >= 11 is 5.97. The number of nitrogens with two attached hydrogens (primary N) is 1. The summed E-state index contributed by atoms with van der Waals surface area (Å²) < 4.78 is 5.02. The van der Waals surface area contributed by atoms with E-state index in [1.54, 1.807) is 19.1 Å². The van der Waals surface area contributed by atoms with Gasteiger partial charge in [0.15, 0.2) is 0 Å². The smallest absolute Gasteiger partial charge is 0.368 e. The van der Waals surface area contributed by atoms with Crippen molar-refractivity contribution in [3.05, 3.63) is 34.9 Å². The van der Waals surface area contributed by atoms with Gasteiger partial charge in [-0.3, -0.25) is 14.5 Å². The molecule has 0 aromatic heterocycles. The van der Waals surface area contributed by atoms with Crippen LogP contribution in [0.5, 0.6) is 0 Å².